The molecule has 1 aliphatic heterocycles. The van der Waals surface area contributed by atoms with Gasteiger partial charge in [0.1, 0.15) is 0 Å². The van der Waals surface area contributed by atoms with Gasteiger partial charge in [-0.2, -0.15) is 0 Å². The molecule has 1 fully saturated rings. The molecule has 1 N–H and O–H groups in total. The highest BCUT2D eigenvalue weighted by Crippen LogP contribution is 2.27. The second kappa shape index (κ2) is 8.17. The number of anilines is 1. The summed E-state index contributed by atoms with van der Waals surface area (Å²) in [7, 11) is 0. The van der Waals surface area contributed by atoms with Crippen LogP contribution in [0.25, 0.3) is 0 Å². The molecule has 136 valence electrons. The van der Waals surface area contributed by atoms with Crippen LogP contribution in [0.1, 0.15) is 29.5 Å². The van der Waals surface area contributed by atoms with Crippen LogP contribution in [0.15, 0.2) is 48.5 Å². The summed E-state index contributed by atoms with van der Waals surface area (Å²) in [5.41, 5.74) is 4.42. The fraction of sp³-hybridized carbons (Fsp3) is 0.364. The lowest BCUT2D eigenvalue weighted by molar-refractivity contribution is -0.126. The Kier molecular flexibility index (Phi) is 5.71. The minimum absolute atomic E-state index is 0.0155. The molecule has 1 atom stereocenters. The minimum atomic E-state index is -0.264. The van der Waals surface area contributed by atoms with E-state index in [1.165, 1.54) is 5.56 Å². The molecule has 0 radical (unpaired) electrons. The highest BCUT2D eigenvalue weighted by molar-refractivity contribution is 6.00. The Labute approximate surface area is 155 Å². The lowest BCUT2D eigenvalue weighted by Gasteiger charge is -2.18. The second-order valence-corrected chi connectivity index (χ2v) is 7.13. The summed E-state index contributed by atoms with van der Waals surface area (Å²) in [6, 6.07) is 16.3. The summed E-state index contributed by atoms with van der Waals surface area (Å²) < 4.78 is 0. The van der Waals surface area contributed by atoms with Gasteiger partial charge < -0.3 is 10.2 Å². The average molecular weight is 350 g/mol. The van der Waals surface area contributed by atoms with Gasteiger partial charge in [0.25, 0.3) is 0 Å². The highest BCUT2D eigenvalue weighted by Gasteiger charge is 2.35. The average Bonchev–Trinajstić information content (AvgIpc) is 3.00. The highest BCUT2D eigenvalue weighted by atomic mass is 16.2. The molecule has 2 aromatic carbocycles. The molecule has 0 spiro atoms. The van der Waals surface area contributed by atoms with Crippen molar-refractivity contribution in [1.29, 1.82) is 0 Å². The van der Waals surface area contributed by atoms with Gasteiger partial charge in [-0.1, -0.05) is 36.4 Å². The smallest absolute Gasteiger partial charge is 0.227 e. The molecule has 26 heavy (non-hydrogen) atoms. The molecule has 0 aromatic heterocycles. The van der Waals surface area contributed by atoms with Gasteiger partial charge in [0.05, 0.1) is 5.92 Å². The van der Waals surface area contributed by atoms with Gasteiger partial charge in [-0.25, -0.2) is 0 Å². The van der Waals surface area contributed by atoms with Crippen molar-refractivity contribution in [2.75, 3.05) is 18.0 Å². The predicted octanol–water partition coefficient (Wildman–Crippen LogP) is 3.41. The van der Waals surface area contributed by atoms with Gasteiger partial charge in [0, 0.05) is 25.2 Å². The molecule has 1 aliphatic rings. The molecule has 0 aliphatic carbocycles. The maximum Gasteiger partial charge on any atom is 0.227 e. The summed E-state index contributed by atoms with van der Waals surface area (Å²) >= 11 is 0. The first-order valence-corrected chi connectivity index (χ1v) is 9.23. The van der Waals surface area contributed by atoms with Crippen LogP contribution in [0.4, 0.5) is 5.69 Å². The SMILES string of the molecule is Cc1cc(C)cc(N2C[C@@H](C(=O)NCCCc3ccccc3)CC2=O)c1. The van der Waals surface area contributed by atoms with Crippen LogP contribution in [0.5, 0.6) is 0 Å². The first-order valence-electron chi connectivity index (χ1n) is 9.23. The summed E-state index contributed by atoms with van der Waals surface area (Å²) in [4.78, 5) is 26.5. The van der Waals surface area contributed by atoms with E-state index in [1.807, 2.05) is 44.2 Å². The lowest BCUT2D eigenvalue weighted by Crippen LogP contribution is -2.33. The Balaban J connectivity index is 1.50. The third-order valence-electron chi connectivity index (χ3n) is 4.80. The number of nitrogens with zero attached hydrogens (tertiary/aromatic N) is 1. The topological polar surface area (TPSA) is 49.4 Å². The molecule has 2 aromatic rings. The Hall–Kier alpha value is -2.62. The lowest BCUT2D eigenvalue weighted by atomic mass is 10.1. The quantitative estimate of drug-likeness (QED) is 0.812. The first-order chi connectivity index (χ1) is 12.5. The van der Waals surface area contributed by atoms with E-state index >= 15 is 0 Å². The van der Waals surface area contributed by atoms with E-state index in [9.17, 15) is 9.59 Å². The normalized spacial score (nSPS) is 16.8. The molecule has 3 rings (SSSR count). The predicted molar refractivity (Wildman–Crippen MR) is 104 cm³/mol. The maximum absolute atomic E-state index is 12.4. The fourth-order valence-corrected chi connectivity index (χ4v) is 3.53. The van der Waals surface area contributed by atoms with Crippen LogP contribution in [-0.2, 0) is 16.0 Å². The van der Waals surface area contributed by atoms with Crippen LogP contribution < -0.4 is 10.2 Å². The largest absolute Gasteiger partial charge is 0.356 e. The number of carbonyl (C=O) groups excluding carboxylic acids is 2. The van der Waals surface area contributed by atoms with Crippen molar-refractivity contribution in [3.8, 4) is 0 Å². The van der Waals surface area contributed by atoms with Crippen LogP contribution in [0, 0.1) is 19.8 Å². The maximum atomic E-state index is 12.4. The van der Waals surface area contributed by atoms with E-state index in [-0.39, 0.29) is 24.2 Å². The Morgan fingerprint density at radius 2 is 1.81 bits per heavy atom. The number of aryl methyl sites for hydroxylation is 3. The van der Waals surface area contributed by atoms with E-state index in [2.05, 4.69) is 23.5 Å². The fourth-order valence-electron chi connectivity index (χ4n) is 3.53. The molecule has 0 saturated carbocycles. The number of rotatable bonds is 6. The molecule has 4 heteroatoms. The molecule has 2 amide bonds. The van der Waals surface area contributed by atoms with Crippen LogP contribution in [0.3, 0.4) is 0 Å². The van der Waals surface area contributed by atoms with E-state index in [0.29, 0.717) is 13.1 Å². The minimum Gasteiger partial charge on any atom is -0.356 e. The Morgan fingerprint density at radius 3 is 2.50 bits per heavy atom. The van der Waals surface area contributed by atoms with Crippen molar-refractivity contribution in [2.45, 2.75) is 33.1 Å². The number of nitrogens with one attached hydrogen (secondary N) is 1. The first kappa shape index (κ1) is 18.2. The third-order valence-corrected chi connectivity index (χ3v) is 4.80. The number of hydrogen-bond donors (Lipinski definition) is 1. The molecular formula is C22H26N2O2. The Morgan fingerprint density at radius 1 is 1.12 bits per heavy atom. The van der Waals surface area contributed by atoms with Gasteiger partial charge >= 0.3 is 0 Å². The van der Waals surface area contributed by atoms with Crippen molar-refractivity contribution < 1.29 is 9.59 Å². The van der Waals surface area contributed by atoms with E-state index in [4.69, 9.17) is 0 Å². The zero-order valence-electron chi connectivity index (χ0n) is 15.5. The van der Waals surface area contributed by atoms with Gasteiger partial charge in [-0.05, 0) is 55.5 Å². The van der Waals surface area contributed by atoms with Crippen molar-refractivity contribution in [1.82, 2.24) is 5.32 Å². The summed E-state index contributed by atoms with van der Waals surface area (Å²) in [6.07, 6.45) is 2.13. The molecule has 1 heterocycles. The molecule has 0 bridgehead atoms. The summed E-state index contributed by atoms with van der Waals surface area (Å²) in [6.45, 7) is 5.15. The van der Waals surface area contributed by atoms with E-state index in [0.717, 1.165) is 29.7 Å². The van der Waals surface area contributed by atoms with Crippen molar-refractivity contribution in [3.63, 3.8) is 0 Å². The number of amides is 2. The van der Waals surface area contributed by atoms with E-state index in [1.54, 1.807) is 4.90 Å². The van der Waals surface area contributed by atoms with Crippen LogP contribution in [0.2, 0.25) is 0 Å². The van der Waals surface area contributed by atoms with Crippen molar-refractivity contribution in [2.24, 2.45) is 5.92 Å². The standard InChI is InChI=1S/C22H26N2O2/c1-16-11-17(2)13-20(12-16)24-15-19(14-21(24)25)22(26)23-10-6-9-18-7-4-3-5-8-18/h3-5,7-8,11-13,19H,6,9-10,14-15H2,1-2H3,(H,23,26)/t19-/m0/s1. The Bertz CT molecular complexity index is 766. The molecule has 0 unspecified atom stereocenters. The molecule has 1 saturated heterocycles. The molecule has 4 nitrogen and oxygen atoms in total. The zero-order chi connectivity index (χ0) is 18.5. The van der Waals surface area contributed by atoms with Gasteiger partial charge in [-0.3, -0.25) is 9.59 Å². The van der Waals surface area contributed by atoms with Gasteiger partial charge in [0.15, 0.2) is 0 Å². The van der Waals surface area contributed by atoms with Crippen molar-refractivity contribution >= 4 is 17.5 Å². The van der Waals surface area contributed by atoms with Crippen molar-refractivity contribution in [3.05, 3.63) is 65.2 Å². The number of carbonyl (C=O) groups is 2. The van der Waals surface area contributed by atoms with Gasteiger partial charge in [0.2, 0.25) is 11.8 Å². The zero-order valence-corrected chi connectivity index (χ0v) is 15.5. The van der Waals surface area contributed by atoms with Crippen LogP contribution in [-0.4, -0.2) is 24.9 Å². The van der Waals surface area contributed by atoms with E-state index < -0.39 is 0 Å². The summed E-state index contributed by atoms with van der Waals surface area (Å²) in [5, 5.41) is 2.99. The van der Waals surface area contributed by atoms with Gasteiger partial charge in [-0.15, -0.1) is 0 Å². The third kappa shape index (κ3) is 4.51. The number of benzene rings is 2. The number of hydrogen-bond acceptors (Lipinski definition) is 2. The van der Waals surface area contributed by atoms with Crippen LogP contribution >= 0.6 is 0 Å². The molecular weight excluding hydrogens is 324 g/mol. The monoisotopic (exact) mass is 350 g/mol. The second-order valence-electron chi connectivity index (χ2n) is 7.13. The summed E-state index contributed by atoms with van der Waals surface area (Å²) in [5.74, 6) is -0.252.